The fraction of sp³-hybridized carbons (Fsp3) is 0.545. The van der Waals surface area contributed by atoms with Crippen LogP contribution in [0.1, 0.15) is 34.0 Å². The normalized spacial score (nSPS) is 11.6. The average molecular weight is 243 g/mol. The highest BCUT2D eigenvalue weighted by Crippen LogP contribution is 2.20. The fourth-order valence-electron chi connectivity index (χ4n) is 1.19. The summed E-state index contributed by atoms with van der Waals surface area (Å²) in [6, 6.07) is 1.82. The number of hydroxylamine groups is 1. The van der Waals surface area contributed by atoms with Crippen LogP contribution in [0, 0.1) is 13.8 Å². The number of carbonyl (C=O) groups excluding carboxylic acids is 1. The van der Waals surface area contributed by atoms with Crippen LogP contribution in [0.4, 0.5) is 0 Å². The van der Waals surface area contributed by atoms with Crippen LogP contribution in [-0.4, -0.2) is 23.2 Å². The molecule has 0 bridgehead atoms. The van der Waals surface area contributed by atoms with E-state index in [0.29, 0.717) is 5.56 Å². The van der Waals surface area contributed by atoms with Gasteiger partial charge in [-0.1, -0.05) is 0 Å². The van der Waals surface area contributed by atoms with Gasteiger partial charge in [-0.15, -0.1) is 11.3 Å². The Morgan fingerprint density at radius 1 is 1.56 bits per heavy atom. The number of aliphatic hydroxyl groups is 1. The van der Waals surface area contributed by atoms with Crippen LogP contribution in [0.5, 0.6) is 0 Å². The topological polar surface area (TPSA) is 58.6 Å². The van der Waals surface area contributed by atoms with E-state index in [-0.39, 0.29) is 12.5 Å². The number of hydrogen-bond donors (Lipinski definition) is 2. The maximum atomic E-state index is 11.7. The lowest BCUT2D eigenvalue weighted by molar-refractivity contribution is -0.0522. The van der Waals surface area contributed by atoms with Gasteiger partial charge in [0.1, 0.15) is 6.61 Å². The SMILES string of the molecule is Cc1cc(C(=O)NOCC(C)(C)O)c(C)s1. The van der Waals surface area contributed by atoms with Crippen LogP contribution >= 0.6 is 11.3 Å². The average Bonchev–Trinajstić information content (AvgIpc) is 2.43. The first-order chi connectivity index (χ1) is 7.29. The Kier molecular flexibility index (Phi) is 4.07. The zero-order valence-corrected chi connectivity index (χ0v) is 10.8. The Labute approximate surface area is 99.2 Å². The van der Waals surface area contributed by atoms with Gasteiger partial charge in [0, 0.05) is 9.75 Å². The third kappa shape index (κ3) is 3.92. The number of carbonyl (C=O) groups is 1. The second-order valence-electron chi connectivity index (χ2n) is 4.36. The third-order valence-electron chi connectivity index (χ3n) is 1.88. The molecule has 0 radical (unpaired) electrons. The van der Waals surface area contributed by atoms with Gasteiger partial charge in [0.2, 0.25) is 0 Å². The quantitative estimate of drug-likeness (QED) is 0.793. The summed E-state index contributed by atoms with van der Waals surface area (Å²) in [5, 5.41) is 9.39. The molecule has 0 aliphatic heterocycles. The van der Waals surface area contributed by atoms with E-state index in [4.69, 9.17) is 4.84 Å². The molecule has 0 spiro atoms. The van der Waals surface area contributed by atoms with Crippen LogP contribution in [0.2, 0.25) is 0 Å². The van der Waals surface area contributed by atoms with E-state index in [1.807, 2.05) is 19.9 Å². The largest absolute Gasteiger partial charge is 0.388 e. The molecule has 90 valence electrons. The Morgan fingerprint density at radius 2 is 2.19 bits per heavy atom. The lowest BCUT2D eigenvalue weighted by atomic mass is 10.2. The van der Waals surface area contributed by atoms with E-state index < -0.39 is 5.60 Å². The molecule has 2 N–H and O–H groups in total. The Hall–Kier alpha value is -0.910. The first-order valence-electron chi connectivity index (χ1n) is 5.01. The van der Waals surface area contributed by atoms with Crippen molar-refractivity contribution in [3.63, 3.8) is 0 Å². The molecule has 0 unspecified atom stereocenters. The molecular formula is C11H17NO3S. The number of aryl methyl sites for hydroxylation is 2. The van der Waals surface area contributed by atoms with Gasteiger partial charge in [0.15, 0.2) is 0 Å². The minimum Gasteiger partial charge on any atom is -0.388 e. The molecule has 0 aromatic carbocycles. The van der Waals surface area contributed by atoms with E-state index in [1.165, 1.54) is 0 Å². The van der Waals surface area contributed by atoms with Crippen molar-refractivity contribution in [2.24, 2.45) is 0 Å². The maximum absolute atomic E-state index is 11.7. The van der Waals surface area contributed by atoms with Crippen molar-refractivity contribution < 1.29 is 14.7 Å². The molecule has 1 aromatic heterocycles. The molecule has 1 amide bonds. The Balaban J connectivity index is 2.51. The third-order valence-corrected chi connectivity index (χ3v) is 2.84. The van der Waals surface area contributed by atoms with Gasteiger partial charge >= 0.3 is 0 Å². The Bertz CT molecular complexity index is 379. The number of amides is 1. The van der Waals surface area contributed by atoms with Crippen LogP contribution in [0.25, 0.3) is 0 Å². The van der Waals surface area contributed by atoms with Gasteiger partial charge in [0.05, 0.1) is 11.2 Å². The number of nitrogens with one attached hydrogen (secondary N) is 1. The summed E-state index contributed by atoms with van der Waals surface area (Å²) in [5.74, 6) is -0.272. The van der Waals surface area contributed by atoms with Crippen molar-refractivity contribution in [1.82, 2.24) is 5.48 Å². The second-order valence-corrected chi connectivity index (χ2v) is 5.82. The van der Waals surface area contributed by atoms with Crippen molar-refractivity contribution in [3.8, 4) is 0 Å². The van der Waals surface area contributed by atoms with Crippen molar-refractivity contribution >= 4 is 17.2 Å². The maximum Gasteiger partial charge on any atom is 0.275 e. The standard InChI is InChI=1S/C11H17NO3S/c1-7-5-9(8(2)16-7)10(13)12-15-6-11(3,4)14/h5,14H,6H2,1-4H3,(H,12,13). The highest BCUT2D eigenvalue weighted by atomic mass is 32.1. The van der Waals surface area contributed by atoms with Crippen molar-refractivity contribution in [1.29, 1.82) is 0 Å². The molecule has 4 nitrogen and oxygen atoms in total. The fourth-order valence-corrected chi connectivity index (χ4v) is 2.11. The molecule has 0 saturated heterocycles. The molecule has 0 atom stereocenters. The molecule has 1 heterocycles. The van der Waals surface area contributed by atoms with Crippen molar-refractivity contribution in [3.05, 3.63) is 21.4 Å². The van der Waals surface area contributed by atoms with Gasteiger partial charge in [-0.3, -0.25) is 9.63 Å². The zero-order valence-electron chi connectivity index (χ0n) is 9.96. The van der Waals surface area contributed by atoms with Gasteiger partial charge in [-0.05, 0) is 33.8 Å². The molecule has 5 heteroatoms. The van der Waals surface area contributed by atoms with Crippen LogP contribution in [0.3, 0.4) is 0 Å². The minimum atomic E-state index is -0.952. The number of hydrogen-bond acceptors (Lipinski definition) is 4. The van der Waals surface area contributed by atoms with Gasteiger partial charge in [-0.25, -0.2) is 5.48 Å². The van der Waals surface area contributed by atoms with Crippen LogP contribution in [-0.2, 0) is 4.84 Å². The zero-order chi connectivity index (χ0) is 12.3. The van der Waals surface area contributed by atoms with Crippen LogP contribution < -0.4 is 5.48 Å². The van der Waals surface area contributed by atoms with Crippen LogP contribution in [0.15, 0.2) is 6.07 Å². The summed E-state index contributed by atoms with van der Waals surface area (Å²) in [6.07, 6.45) is 0. The van der Waals surface area contributed by atoms with E-state index in [0.717, 1.165) is 9.75 Å². The molecule has 1 aromatic rings. The summed E-state index contributed by atoms with van der Waals surface area (Å²) in [6.45, 7) is 7.12. The van der Waals surface area contributed by atoms with E-state index >= 15 is 0 Å². The van der Waals surface area contributed by atoms with Crippen molar-refractivity contribution in [2.45, 2.75) is 33.3 Å². The predicted molar refractivity (Wildman–Crippen MR) is 63.5 cm³/mol. The van der Waals surface area contributed by atoms with E-state index in [9.17, 15) is 9.90 Å². The first-order valence-corrected chi connectivity index (χ1v) is 5.83. The predicted octanol–water partition coefficient (Wildman–Crippen LogP) is 1.80. The highest BCUT2D eigenvalue weighted by molar-refractivity contribution is 7.12. The monoisotopic (exact) mass is 243 g/mol. The second kappa shape index (κ2) is 4.95. The molecule has 0 saturated carbocycles. The smallest absolute Gasteiger partial charge is 0.275 e. The molecule has 0 aliphatic rings. The first kappa shape index (κ1) is 13.2. The van der Waals surface area contributed by atoms with Gasteiger partial charge in [-0.2, -0.15) is 0 Å². The molecule has 0 aliphatic carbocycles. The van der Waals surface area contributed by atoms with E-state index in [1.54, 1.807) is 25.2 Å². The summed E-state index contributed by atoms with van der Waals surface area (Å²) in [4.78, 5) is 18.6. The summed E-state index contributed by atoms with van der Waals surface area (Å²) in [7, 11) is 0. The Morgan fingerprint density at radius 3 is 2.62 bits per heavy atom. The lowest BCUT2D eigenvalue weighted by Crippen LogP contribution is -2.33. The number of rotatable bonds is 4. The highest BCUT2D eigenvalue weighted by Gasteiger charge is 2.15. The van der Waals surface area contributed by atoms with Crippen molar-refractivity contribution in [2.75, 3.05) is 6.61 Å². The number of thiophene rings is 1. The summed E-state index contributed by atoms with van der Waals surface area (Å²) >= 11 is 1.57. The van der Waals surface area contributed by atoms with Gasteiger partial charge < -0.3 is 5.11 Å². The molecular weight excluding hydrogens is 226 g/mol. The van der Waals surface area contributed by atoms with Gasteiger partial charge in [0.25, 0.3) is 5.91 Å². The molecule has 1 rings (SSSR count). The van der Waals surface area contributed by atoms with E-state index in [2.05, 4.69) is 5.48 Å². The minimum absolute atomic E-state index is 0.0565. The summed E-state index contributed by atoms with van der Waals surface area (Å²) < 4.78 is 0. The molecule has 16 heavy (non-hydrogen) atoms. The lowest BCUT2D eigenvalue weighted by Gasteiger charge is -2.16. The molecule has 0 fully saturated rings. The summed E-state index contributed by atoms with van der Waals surface area (Å²) in [5.41, 5.74) is 1.99.